The molecule has 0 aliphatic carbocycles. The molecule has 0 aliphatic rings. The van der Waals surface area contributed by atoms with E-state index in [0.717, 1.165) is 29.7 Å². The van der Waals surface area contributed by atoms with Gasteiger partial charge in [0.2, 0.25) is 0 Å². The molecule has 98 valence electrons. The number of hydrogen-bond acceptors (Lipinski definition) is 3. The number of aromatic nitrogens is 2. The topological polar surface area (TPSA) is 64.1 Å². The van der Waals surface area contributed by atoms with Gasteiger partial charge in [-0.1, -0.05) is 19.1 Å². The third-order valence-electron chi connectivity index (χ3n) is 3.32. The lowest BCUT2D eigenvalue weighted by Crippen LogP contribution is -2.13. The van der Waals surface area contributed by atoms with Crippen LogP contribution in [0.5, 0.6) is 0 Å². The van der Waals surface area contributed by atoms with Gasteiger partial charge in [-0.3, -0.25) is 0 Å². The molecule has 0 saturated carbocycles. The first-order valence-corrected chi connectivity index (χ1v) is 6.51. The van der Waals surface area contributed by atoms with Crippen molar-refractivity contribution in [2.24, 2.45) is 11.7 Å². The Morgan fingerprint density at radius 2 is 2.17 bits per heavy atom. The fourth-order valence-corrected chi connectivity index (χ4v) is 2.16. The largest absolute Gasteiger partial charge is 0.395 e. The van der Waals surface area contributed by atoms with Crippen LogP contribution in [0.3, 0.4) is 0 Å². The van der Waals surface area contributed by atoms with Crippen LogP contribution in [0.4, 0.5) is 0 Å². The number of aliphatic hydroxyl groups excluding tert-OH is 1. The van der Waals surface area contributed by atoms with E-state index >= 15 is 0 Å². The van der Waals surface area contributed by atoms with E-state index in [2.05, 4.69) is 16.5 Å². The first kappa shape index (κ1) is 13.1. The normalized spacial score (nSPS) is 13.1. The van der Waals surface area contributed by atoms with Crippen molar-refractivity contribution in [1.29, 1.82) is 0 Å². The van der Waals surface area contributed by atoms with Gasteiger partial charge >= 0.3 is 0 Å². The predicted molar refractivity (Wildman–Crippen MR) is 73.4 cm³/mol. The summed E-state index contributed by atoms with van der Waals surface area (Å²) >= 11 is 0. The predicted octanol–water partition coefficient (Wildman–Crippen LogP) is 1.56. The minimum absolute atomic E-state index is 0.139. The summed E-state index contributed by atoms with van der Waals surface area (Å²) in [5.74, 6) is 1.55. The molecule has 2 rings (SSSR count). The number of nitrogens with two attached hydrogens (primary N) is 1. The average Bonchev–Trinajstić information content (AvgIpc) is 2.75. The molecule has 0 fully saturated rings. The van der Waals surface area contributed by atoms with Gasteiger partial charge in [-0.05, 0) is 31.0 Å². The molecule has 0 amide bonds. The number of hydrogen-bond donors (Lipinski definition) is 2. The lowest BCUT2D eigenvalue weighted by molar-refractivity contribution is 0.275. The highest BCUT2D eigenvalue weighted by molar-refractivity contribution is 5.75. The van der Waals surface area contributed by atoms with Crippen molar-refractivity contribution in [3.8, 4) is 0 Å². The van der Waals surface area contributed by atoms with Gasteiger partial charge in [0.25, 0.3) is 0 Å². The van der Waals surface area contributed by atoms with E-state index in [0.29, 0.717) is 19.0 Å². The van der Waals surface area contributed by atoms with Gasteiger partial charge in [0, 0.05) is 13.0 Å². The van der Waals surface area contributed by atoms with Gasteiger partial charge in [0.1, 0.15) is 5.82 Å². The maximum Gasteiger partial charge on any atom is 0.109 e. The fourth-order valence-electron chi connectivity index (χ4n) is 2.16. The summed E-state index contributed by atoms with van der Waals surface area (Å²) in [6, 6.07) is 8.06. The molecule has 1 aromatic heterocycles. The summed E-state index contributed by atoms with van der Waals surface area (Å²) in [6.07, 6.45) is 1.94. The van der Waals surface area contributed by atoms with Crippen LogP contribution in [0.2, 0.25) is 0 Å². The zero-order chi connectivity index (χ0) is 13.0. The maximum absolute atomic E-state index is 9.18. The molecule has 1 atom stereocenters. The number of fused-ring (bicyclic) bond motifs is 1. The summed E-state index contributed by atoms with van der Waals surface area (Å²) in [5, 5.41) is 9.18. The Kier molecular flexibility index (Phi) is 4.33. The second-order valence-corrected chi connectivity index (χ2v) is 4.77. The van der Waals surface area contributed by atoms with Gasteiger partial charge in [0.05, 0.1) is 17.6 Å². The highest BCUT2D eigenvalue weighted by Crippen LogP contribution is 2.18. The lowest BCUT2D eigenvalue weighted by atomic mass is 10.1. The molecule has 3 N–H and O–H groups in total. The molecule has 0 bridgehead atoms. The first-order chi connectivity index (χ1) is 8.76. The van der Waals surface area contributed by atoms with E-state index < -0.39 is 0 Å². The van der Waals surface area contributed by atoms with E-state index in [-0.39, 0.29) is 6.61 Å². The third-order valence-corrected chi connectivity index (χ3v) is 3.32. The maximum atomic E-state index is 9.18. The molecular formula is C14H21N3O. The molecule has 0 aliphatic heterocycles. The van der Waals surface area contributed by atoms with Crippen LogP contribution in [0, 0.1) is 5.92 Å². The Morgan fingerprint density at radius 1 is 1.39 bits per heavy atom. The lowest BCUT2D eigenvalue weighted by Gasteiger charge is -2.10. The Labute approximate surface area is 107 Å². The number of benzene rings is 1. The molecule has 4 heteroatoms. The van der Waals surface area contributed by atoms with Gasteiger partial charge in [-0.25, -0.2) is 4.98 Å². The van der Waals surface area contributed by atoms with E-state index in [1.54, 1.807) is 0 Å². The Bertz CT molecular complexity index is 507. The van der Waals surface area contributed by atoms with E-state index in [1.165, 1.54) is 0 Å². The van der Waals surface area contributed by atoms with Crippen molar-refractivity contribution >= 4 is 11.0 Å². The number of nitrogens with zero attached hydrogens (tertiary/aromatic N) is 2. The molecule has 4 nitrogen and oxygen atoms in total. The standard InChI is InChI=1S/C14H21N3O/c1-11(10-15)6-7-14-16-12-4-2-3-5-13(12)17(14)8-9-18/h2-5,11,18H,6-10,15H2,1H3. The monoisotopic (exact) mass is 247 g/mol. The molecule has 1 heterocycles. The summed E-state index contributed by atoms with van der Waals surface area (Å²) in [4.78, 5) is 4.65. The summed E-state index contributed by atoms with van der Waals surface area (Å²) in [7, 11) is 0. The van der Waals surface area contributed by atoms with E-state index in [4.69, 9.17) is 5.73 Å². The summed E-state index contributed by atoms with van der Waals surface area (Å²) in [5.41, 5.74) is 7.74. The van der Waals surface area contributed by atoms with Crippen molar-refractivity contribution in [3.05, 3.63) is 30.1 Å². The van der Waals surface area contributed by atoms with Gasteiger partial charge in [-0.15, -0.1) is 0 Å². The number of imidazole rings is 1. The van der Waals surface area contributed by atoms with Gasteiger partial charge in [0.15, 0.2) is 0 Å². The number of para-hydroxylation sites is 2. The highest BCUT2D eigenvalue weighted by atomic mass is 16.3. The van der Waals surface area contributed by atoms with Crippen molar-refractivity contribution < 1.29 is 5.11 Å². The number of rotatable bonds is 6. The van der Waals surface area contributed by atoms with Gasteiger partial charge < -0.3 is 15.4 Å². The van der Waals surface area contributed by atoms with Crippen LogP contribution in [0.1, 0.15) is 19.2 Å². The van der Waals surface area contributed by atoms with Crippen molar-refractivity contribution in [2.75, 3.05) is 13.2 Å². The van der Waals surface area contributed by atoms with E-state index in [9.17, 15) is 5.11 Å². The number of aliphatic hydroxyl groups is 1. The molecule has 1 unspecified atom stereocenters. The molecule has 2 aromatic rings. The minimum atomic E-state index is 0.139. The average molecular weight is 247 g/mol. The fraction of sp³-hybridized carbons (Fsp3) is 0.500. The number of aryl methyl sites for hydroxylation is 1. The SMILES string of the molecule is CC(CN)CCc1nc2ccccc2n1CCO. The second-order valence-electron chi connectivity index (χ2n) is 4.77. The molecular weight excluding hydrogens is 226 g/mol. The molecule has 18 heavy (non-hydrogen) atoms. The smallest absolute Gasteiger partial charge is 0.109 e. The Hall–Kier alpha value is -1.39. The Morgan fingerprint density at radius 3 is 2.89 bits per heavy atom. The van der Waals surface area contributed by atoms with Crippen LogP contribution >= 0.6 is 0 Å². The van der Waals surface area contributed by atoms with Crippen LogP contribution in [0.25, 0.3) is 11.0 Å². The zero-order valence-electron chi connectivity index (χ0n) is 10.8. The highest BCUT2D eigenvalue weighted by Gasteiger charge is 2.10. The quantitative estimate of drug-likeness (QED) is 0.814. The van der Waals surface area contributed by atoms with Crippen LogP contribution in [-0.2, 0) is 13.0 Å². The third kappa shape index (κ3) is 2.71. The molecule has 0 spiro atoms. The zero-order valence-corrected chi connectivity index (χ0v) is 10.8. The summed E-state index contributed by atoms with van der Waals surface area (Å²) in [6.45, 7) is 3.60. The molecule has 0 radical (unpaired) electrons. The van der Waals surface area contributed by atoms with Crippen LogP contribution in [0.15, 0.2) is 24.3 Å². The summed E-state index contributed by atoms with van der Waals surface area (Å²) < 4.78 is 2.11. The van der Waals surface area contributed by atoms with Gasteiger partial charge in [-0.2, -0.15) is 0 Å². The second kappa shape index (κ2) is 5.98. The van der Waals surface area contributed by atoms with Crippen LogP contribution < -0.4 is 5.73 Å². The molecule has 1 aromatic carbocycles. The van der Waals surface area contributed by atoms with Crippen LogP contribution in [-0.4, -0.2) is 27.8 Å². The minimum Gasteiger partial charge on any atom is -0.395 e. The van der Waals surface area contributed by atoms with Crippen molar-refractivity contribution in [3.63, 3.8) is 0 Å². The van der Waals surface area contributed by atoms with Crippen molar-refractivity contribution in [1.82, 2.24) is 9.55 Å². The Balaban J connectivity index is 2.27. The first-order valence-electron chi connectivity index (χ1n) is 6.51. The molecule has 0 saturated heterocycles. The van der Waals surface area contributed by atoms with E-state index in [1.807, 2.05) is 24.3 Å². The van der Waals surface area contributed by atoms with Crippen molar-refractivity contribution in [2.45, 2.75) is 26.3 Å².